The molecule has 1 heterocycles. The van der Waals surface area contributed by atoms with Crippen molar-refractivity contribution in [2.75, 3.05) is 0 Å². The van der Waals surface area contributed by atoms with E-state index in [1.165, 1.54) is 0 Å². The Kier molecular flexibility index (Phi) is 4.04. The second-order valence-corrected chi connectivity index (χ2v) is 4.20. The number of hydrogen-bond acceptors (Lipinski definition) is 4. The summed E-state index contributed by atoms with van der Waals surface area (Å²) in [4.78, 5) is 22.3. The first-order chi connectivity index (χ1) is 7.53. The number of carboxylic acid groups (broad SMARTS) is 1. The highest BCUT2D eigenvalue weighted by atomic mass is 16.4. The van der Waals surface area contributed by atoms with E-state index >= 15 is 0 Å². The van der Waals surface area contributed by atoms with Crippen LogP contribution >= 0.6 is 0 Å². The zero-order chi connectivity index (χ0) is 12.2. The molecule has 1 N–H and O–H groups in total. The molecule has 1 aliphatic heterocycles. The SMILES string of the molecule is CCCC[C@]1(CCC(=O)[O-])C(=O)NN=C1C. The van der Waals surface area contributed by atoms with E-state index in [-0.39, 0.29) is 18.7 Å². The molecule has 0 aliphatic carbocycles. The van der Waals surface area contributed by atoms with E-state index < -0.39 is 11.4 Å². The molecule has 5 heteroatoms. The zero-order valence-corrected chi connectivity index (χ0v) is 9.71. The van der Waals surface area contributed by atoms with Crippen LogP contribution in [0.15, 0.2) is 5.10 Å². The minimum atomic E-state index is -1.12. The molecule has 0 fully saturated rings. The molecule has 0 aromatic heterocycles. The van der Waals surface area contributed by atoms with E-state index in [0.717, 1.165) is 12.8 Å². The Balaban J connectivity index is 2.79. The maximum atomic E-state index is 11.8. The van der Waals surface area contributed by atoms with Crippen LogP contribution in [-0.2, 0) is 9.59 Å². The van der Waals surface area contributed by atoms with Crippen LogP contribution in [0.5, 0.6) is 0 Å². The van der Waals surface area contributed by atoms with Crippen molar-refractivity contribution in [1.29, 1.82) is 0 Å². The molecular weight excluding hydrogens is 208 g/mol. The third-order valence-corrected chi connectivity index (χ3v) is 3.17. The smallest absolute Gasteiger partial charge is 0.252 e. The van der Waals surface area contributed by atoms with Crippen molar-refractivity contribution in [3.63, 3.8) is 0 Å². The van der Waals surface area contributed by atoms with Crippen molar-refractivity contribution < 1.29 is 14.7 Å². The Morgan fingerprint density at radius 3 is 2.62 bits per heavy atom. The summed E-state index contributed by atoms with van der Waals surface area (Å²) in [5, 5.41) is 14.4. The van der Waals surface area contributed by atoms with Gasteiger partial charge in [-0.3, -0.25) is 4.79 Å². The van der Waals surface area contributed by atoms with Crippen LogP contribution in [0.4, 0.5) is 0 Å². The summed E-state index contributed by atoms with van der Waals surface area (Å²) in [6.45, 7) is 3.80. The molecule has 5 nitrogen and oxygen atoms in total. The van der Waals surface area contributed by atoms with Crippen molar-refractivity contribution in [1.82, 2.24) is 5.43 Å². The van der Waals surface area contributed by atoms with Gasteiger partial charge in [0.15, 0.2) is 0 Å². The lowest BCUT2D eigenvalue weighted by Crippen LogP contribution is -2.39. The molecule has 0 radical (unpaired) electrons. The van der Waals surface area contributed by atoms with Crippen LogP contribution in [0.3, 0.4) is 0 Å². The Hall–Kier alpha value is -1.39. The first kappa shape index (κ1) is 12.7. The average Bonchev–Trinajstić information content (AvgIpc) is 2.51. The van der Waals surface area contributed by atoms with Crippen LogP contribution in [0.1, 0.15) is 46.0 Å². The van der Waals surface area contributed by atoms with Gasteiger partial charge < -0.3 is 9.90 Å². The van der Waals surface area contributed by atoms with Gasteiger partial charge in [0.2, 0.25) is 0 Å². The molecule has 0 bridgehead atoms. The first-order valence-corrected chi connectivity index (χ1v) is 5.58. The third-order valence-electron chi connectivity index (χ3n) is 3.17. The van der Waals surface area contributed by atoms with Crippen molar-refractivity contribution in [2.24, 2.45) is 10.5 Å². The number of nitrogens with one attached hydrogen (secondary N) is 1. The molecule has 90 valence electrons. The lowest BCUT2D eigenvalue weighted by atomic mass is 9.75. The van der Waals surface area contributed by atoms with Gasteiger partial charge in [-0.2, -0.15) is 5.10 Å². The standard InChI is InChI=1S/C11H18N2O3/c1-3-4-6-11(7-5-9(14)15)8(2)12-13-10(11)16/h3-7H2,1-2H3,(H,13,16)(H,14,15)/p-1/t11-/m1/s1. The number of hydrazone groups is 1. The van der Waals surface area contributed by atoms with Gasteiger partial charge >= 0.3 is 0 Å². The number of carboxylic acids is 1. The van der Waals surface area contributed by atoms with Crippen LogP contribution in [0.2, 0.25) is 0 Å². The van der Waals surface area contributed by atoms with E-state index in [1.807, 2.05) is 6.92 Å². The van der Waals surface area contributed by atoms with Gasteiger partial charge in [-0.05, 0) is 26.2 Å². The summed E-state index contributed by atoms with van der Waals surface area (Å²) >= 11 is 0. The van der Waals surface area contributed by atoms with E-state index in [1.54, 1.807) is 6.92 Å². The second-order valence-electron chi connectivity index (χ2n) is 4.20. The largest absolute Gasteiger partial charge is 0.550 e. The summed E-state index contributed by atoms with van der Waals surface area (Å²) in [6.07, 6.45) is 2.67. The highest BCUT2D eigenvalue weighted by Crippen LogP contribution is 2.35. The number of carbonyl (C=O) groups excluding carboxylic acids is 2. The highest BCUT2D eigenvalue weighted by Gasteiger charge is 2.43. The minimum Gasteiger partial charge on any atom is -0.550 e. The number of hydrogen-bond donors (Lipinski definition) is 1. The lowest BCUT2D eigenvalue weighted by Gasteiger charge is -2.26. The molecule has 0 unspecified atom stereocenters. The van der Waals surface area contributed by atoms with E-state index in [0.29, 0.717) is 12.1 Å². The Morgan fingerprint density at radius 2 is 2.19 bits per heavy atom. The van der Waals surface area contributed by atoms with Gasteiger partial charge in [0, 0.05) is 5.97 Å². The molecule has 0 aromatic rings. The van der Waals surface area contributed by atoms with Crippen LogP contribution in [0, 0.1) is 5.41 Å². The predicted octanol–water partition coefficient (Wildman–Crippen LogP) is 0.199. The number of aliphatic carboxylic acids is 1. The molecule has 16 heavy (non-hydrogen) atoms. The first-order valence-electron chi connectivity index (χ1n) is 5.58. The number of unbranched alkanes of at least 4 members (excludes halogenated alkanes) is 1. The summed E-state index contributed by atoms with van der Waals surface area (Å²) in [6, 6.07) is 0. The average molecular weight is 225 g/mol. The Bertz CT molecular complexity index is 325. The van der Waals surface area contributed by atoms with Gasteiger partial charge in [0.25, 0.3) is 5.91 Å². The van der Waals surface area contributed by atoms with E-state index in [2.05, 4.69) is 10.5 Å². The fourth-order valence-electron chi connectivity index (χ4n) is 2.02. The summed E-state index contributed by atoms with van der Waals surface area (Å²) < 4.78 is 0. The molecule has 0 aromatic carbocycles. The molecule has 1 amide bonds. The van der Waals surface area contributed by atoms with E-state index in [9.17, 15) is 14.7 Å². The molecule has 0 saturated heterocycles. The molecule has 0 spiro atoms. The number of rotatable bonds is 6. The summed E-state index contributed by atoms with van der Waals surface area (Å²) in [7, 11) is 0. The monoisotopic (exact) mass is 225 g/mol. The number of nitrogens with zero attached hydrogens (tertiary/aromatic N) is 1. The number of carbonyl (C=O) groups is 2. The molecule has 1 aliphatic rings. The third kappa shape index (κ3) is 2.40. The zero-order valence-electron chi connectivity index (χ0n) is 9.71. The fourth-order valence-corrected chi connectivity index (χ4v) is 2.02. The van der Waals surface area contributed by atoms with Crippen LogP contribution in [0.25, 0.3) is 0 Å². The van der Waals surface area contributed by atoms with E-state index in [4.69, 9.17) is 0 Å². The lowest BCUT2D eigenvalue weighted by molar-refractivity contribution is -0.306. The van der Waals surface area contributed by atoms with Gasteiger partial charge in [0.1, 0.15) is 0 Å². The van der Waals surface area contributed by atoms with Crippen molar-refractivity contribution in [3.8, 4) is 0 Å². The maximum Gasteiger partial charge on any atom is 0.252 e. The van der Waals surface area contributed by atoms with Crippen LogP contribution < -0.4 is 10.5 Å². The molecule has 1 rings (SSSR count). The van der Waals surface area contributed by atoms with Gasteiger partial charge in [0.05, 0.1) is 11.1 Å². The highest BCUT2D eigenvalue weighted by molar-refractivity contribution is 6.11. The van der Waals surface area contributed by atoms with Gasteiger partial charge in [-0.1, -0.05) is 19.8 Å². The molecule has 1 atom stereocenters. The quantitative estimate of drug-likeness (QED) is 0.701. The number of amides is 1. The Morgan fingerprint density at radius 1 is 1.50 bits per heavy atom. The topological polar surface area (TPSA) is 81.6 Å². The molecular formula is C11H17N2O3-. The molecule has 0 saturated carbocycles. The summed E-state index contributed by atoms with van der Waals surface area (Å²) in [5.74, 6) is -1.30. The predicted molar refractivity (Wildman–Crippen MR) is 57.5 cm³/mol. The van der Waals surface area contributed by atoms with Crippen molar-refractivity contribution in [3.05, 3.63) is 0 Å². The van der Waals surface area contributed by atoms with Crippen molar-refractivity contribution >= 4 is 17.6 Å². The minimum absolute atomic E-state index is 0.107. The fraction of sp³-hybridized carbons (Fsp3) is 0.727. The van der Waals surface area contributed by atoms with Crippen molar-refractivity contribution in [2.45, 2.75) is 46.0 Å². The Labute approximate surface area is 94.9 Å². The maximum absolute atomic E-state index is 11.8. The van der Waals surface area contributed by atoms with Gasteiger partial charge in [-0.25, -0.2) is 5.43 Å². The summed E-state index contributed by atoms with van der Waals surface area (Å²) in [5.41, 5.74) is 2.39. The second kappa shape index (κ2) is 5.09. The van der Waals surface area contributed by atoms with Gasteiger partial charge in [-0.15, -0.1) is 0 Å². The van der Waals surface area contributed by atoms with Crippen LogP contribution in [-0.4, -0.2) is 17.6 Å². The normalized spacial score (nSPS) is 24.1.